The predicted molar refractivity (Wildman–Crippen MR) is 34.8 cm³/mol. The highest BCUT2D eigenvalue weighted by atomic mass is 35.5. The van der Waals surface area contributed by atoms with Gasteiger partial charge in [0.2, 0.25) is 0 Å². The summed E-state index contributed by atoms with van der Waals surface area (Å²) in [4.78, 5) is 9.87. The van der Waals surface area contributed by atoms with Crippen molar-refractivity contribution in [1.82, 2.24) is 0 Å². The van der Waals surface area contributed by atoms with Gasteiger partial charge in [0.15, 0.2) is 0 Å². The zero-order valence-corrected chi connectivity index (χ0v) is 6.15. The quantitative estimate of drug-likeness (QED) is 0.560. The molecule has 1 atom stereocenters. The molecule has 1 unspecified atom stereocenters. The molecule has 0 bridgehead atoms. The van der Waals surface area contributed by atoms with Gasteiger partial charge < -0.3 is 0 Å². The van der Waals surface area contributed by atoms with E-state index in [-0.39, 0.29) is 12.3 Å². The highest BCUT2D eigenvalue weighted by Crippen LogP contribution is 2.06. The van der Waals surface area contributed by atoms with Crippen molar-refractivity contribution < 1.29 is 9.90 Å². The minimum Gasteiger partial charge on any atom is -0.247 e. The second-order valence-corrected chi connectivity index (χ2v) is 2.48. The van der Waals surface area contributed by atoms with Crippen LogP contribution < -0.4 is 0 Å². The van der Waals surface area contributed by atoms with Gasteiger partial charge in [0.05, 0.1) is 6.42 Å². The zero-order valence-electron chi connectivity index (χ0n) is 5.39. The first-order valence-electron chi connectivity index (χ1n) is 2.92. The molecular weight excluding hydrogens is 140 g/mol. The molecular formula is C6H10ClO2. The molecule has 0 fully saturated rings. The van der Waals surface area contributed by atoms with Crippen LogP contribution in [0.25, 0.3) is 0 Å². The van der Waals surface area contributed by atoms with E-state index < -0.39 is 5.97 Å². The van der Waals surface area contributed by atoms with E-state index in [0.29, 0.717) is 12.3 Å². The van der Waals surface area contributed by atoms with Gasteiger partial charge in [-0.25, -0.2) is 9.90 Å². The van der Waals surface area contributed by atoms with Gasteiger partial charge in [0.1, 0.15) is 0 Å². The van der Waals surface area contributed by atoms with E-state index >= 15 is 0 Å². The third kappa shape index (κ3) is 5.63. The van der Waals surface area contributed by atoms with Crippen molar-refractivity contribution in [3.05, 3.63) is 0 Å². The van der Waals surface area contributed by atoms with E-state index in [1.54, 1.807) is 0 Å². The molecule has 2 nitrogen and oxygen atoms in total. The number of hydrogen-bond donors (Lipinski definition) is 0. The Morgan fingerprint density at radius 3 is 2.56 bits per heavy atom. The second-order valence-electron chi connectivity index (χ2n) is 2.17. The van der Waals surface area contributed by atoms with Crippen LogP contribution in [0.2, 0.25) is 0 Å². The van der Waals surface area contributed by atoms with Crippen molar-refractivity contribution in [2.45, 2.75) is 19.8 Å². The molecule has 53 valence electrons. The Hall–Kier alpha value is -0.240. The molecule has 1 radical (unpaired) electrons. The molecule has 9 heavy (non-hydrogen) atoms. The van der Waals surface area contributed by atoms with E-state index in [2.05, 4.69) is 0 Å². The summed E-state index contributed by atoms with van der Waals surface area (Å²) >= 11 is 5.42. The molecule has 0 N–H and O–H groups in total. The minimum absolute atomic E-state index is 0.119. The van der Waals surface area contributed by atoms with Crippen molar-refractivity contribution in [3.63, 3.8) is 0 Å². The monoisotopic (exact) mass is 149 g/mol. The van der Waals surface area contributed by atoms with E-state index in [1.165, 1.54) is 0 Å². The van der Waals surface area contributed by atoms with Crippen LogP contribution in [0.15, 0.2) is 0 Å². The average molecular weight is 150 g/mol. The average Bonchev–Trinajstić information content (AvgIpc) is 1.83. The summed E-state index contributed by atoms with van der Waals surface area (Å²) in [6, 6.07) is 0. The van der Waals surface area contributed by atoms with Gasteiger partial charge in [0.25, 0.3) is 0 Å². The van der Waals surface area contributed by atoms with Crippen molar-refractivity contribution >= 4 is 17.6 Å². The molecule has 0 aromatic heterocycles. The summed E-state index contributed by atoms with van der Waals surface area (Å²) in [5, 5.41) is 9.87. The number of rotatable bonds is 4. The molecule has 0 saturated heterocycles. The van der Waals surface area contributed by atoms with Crippen molar-refractivity contribution in [1.29, 1.82) is 0 Å². The van der Waals surface area contributed by atoms with Gasteiger partial charge in [-0.3, -0.25) is 0 Å². The van der Waals surface area contributed by atoms with E-state index in [1.807, 2.05) is 6.92 Å². The number of alkyl halides is 1. The smallest absolute Gasteiger partial charge is 0.247 e. The third-order valence-corrected chi connectivity index (χ3v) is 1.63. The van der Waals surface area contributed by atoms with Gasteiger partial charge in [-0.1, -0.05) is 6.92 Å². The number of carbonyl (C=O) groups is 1. The number of hydrogen-bond acceptors (Lipinski definition) is 1. The van der Waals surface area contributed by atoms with Crippen LogP contribution >= 0.6 is 11.6 Å². The largest absolute Gasteiger partial charge is 0.355 e. The van der Waals surface area contributed by atoms with Crippen molar-refractivity contribution in [2.24, 2.45) is 5.92 Å². The lowest BCUT2D eigenvalue weighted by Crippen LogP contribution is -2.00. The molecule has 0 rings (SSSR count). The molecule has 0 saturated carbocycles. The highest BCUT2D eigenvalue weighted by Gasteiger charge is 2.04. The molecule has 0 amide bonds. The lowest BCUT2D eigenvalue weighted by Gasteiger charge is -2.01. The molecule has 0 aromatic rings. The fourth-order valence-electron chi connectivity index (χ4n) is 0.441. The minimum atomic E-state index is -0.994. The Morgan fingerprint density at radius 1 is 1.67 bits per heavy atom. The van der Waals surface area contributed by atoms with E-state index in [0.717, 1.165) is 0 Å². The third-order valence-electron chi connectivity index (χ3n) is 1.10. The number of carbonyl (C=O) groups excluding carboxylic acids is 1. The standard InChI is InChI=1S/C6H10ClO2/c1-5(4-7)2-3-6(8)9/h5H,2-4H2,1H3. The van der Waals surface area contributed by atoms with E-state index in [4.69, 9.17) is 11.6 Å². The van der Waals surface area contributed by atoms with Crippen LogP contribution in [0, 0.1) is 5.92 Å². The Balaban J connectivity index is 3.16. The van der Waals surface area contributed by atoms with Crippen molar-refractivity contribution in [3.8, 4) is 0 Å². The van der Waals surface area contributed by atoms with Gasteiger partial charge in [-0.15, -0.1) is 11.6 Å². The maximum atomic E-state index is 9.87. The van der Waals surface area contributed by atoms with Crippen LogP contribution in [0.1, 0.15) is 19.8 Å². The van der Waals surface area contributed by atoms with Crippen LogP contribution in [0.3, 0.4) is 0 Å². The van der Waals surface area contributed by atoms with Crippen LogP contribution in [-0.2, 0) is 9.90 Å². The van der Waals surface area contributed by atoms with Gasteiger partial charge >= 0.3 is 5.97 Å². The zero-order chi connectivity index (χ0) is 7.28. The Morgan fingerprint density at radius 2 is 2.22 bits per heavy atom. The van der Waals surface area contributed by atoms with Crippen LogP contribution in [0.5, 0.6) is 0 Å². The van der Waals surface area contributed by atoms with Crippen molar-refractivity contribution in [2.75, 3.05) is 5.88 Å². The Labute approximate surface area is 59.8 Å². The Bertz CT molecular complexity index is 93.1. The summed E-state index contributed by atoms with van der Waals surface area (Å²) in [5.74, 6) is -0.190. The topological polar surface area (TPSA) is 37.0 Å². The first kappa shape index (κ1) is 8.76. The SMILES string of the molecule is CC(CCl)CCC([O])=O. The van der Waals surface area contributed by atoms with Crippen LogP contribution in [-0.4, -0.2) is 11.8 Å². The fraction of sp³-hybridized carbons (Fsp3) is 0.833. The summed E-state index contributed by atoms with van der Waals surface area (Å²) in [6.45, 7) is 1.91. The molecule has 0 heterocycles. The molecule has 0 aromatic carbocycles. The lowest BCUT2D eigenvalue weighted by molar-refractivity contribution is -0.143. The predicted octanol–water partition coefficient (Wildman–Crippen LogP) is 1.60. The van der Waals surface area contributed by atoms with Gasteiger partial charge in [-0.05, 0) is 12.3 Å². The summed E-state index contributed by atoms with van der Waals surface area (Å²) < 4.78 is 0. The maximum absolute atomic E-state index is 9.87. The normalized spacial score (nSPS) is 13.1. The molecule has 0 aliphatic carbocycles. The molecule has 3 heteroatoms. The van der Waals surface area contributed by atoms with E-state index in [9.17, 15) is 9.90 Å². The summed E-state index contributed by atoms with van der Waals surface area (Å²) in [7, 11) is 0. The second kappa shape index (κ2) is 4.62. The molecule has 0 spiro atoms. The molecule has 0 aliphatic rings. The first-order valence-corrected chi connectivity index (χ1v) is 3.46. The maximum Gasteiger partial charge on any atom is 0.355 e. The fourth-order valence-corrected chi connectivity index (χ4v) is 0.596. The summed E-state index contributed by atoms with van der Waals surface area (Å²) in [5.41, 5.74) is 0. The van der Waals surface area contributed by atoms with Crippen LogP contribution in [0.4, 0.5) is 0 Å². The summed E-state index contributed by atoms with van der Waals surface area (Å²) in [6.07, 6.45) is 0.736. The first-order chi connectivity index (χ1) is 4.16. The number of halogens is 1. The Kier molecular flexibility index (Phi) is 4.50. The van der Waals surface area contributed by atoms with Gasteiger partial charge in [-0.2, -0.15) is 0 Å². The van der Waals surface area contributed by atoms with Gasteiger partial charge in [0, 0.05) is 5.88 Å². The highest BCUT2D eigenvalue weighted by molar-refractivity contribution is 6.18. The molecule has 0 aliphatic heterocycles. The lowest BCUT2D eigenvalue weighted by atomic mass is 10.1.